The molecular weight excluding hydrogens is 336 g/mol. The lowest BCUT2D eigenvalue weighted by Gasteiger charge is -2.08. The van der Waals surface area contributed by atoms with Gasteiger partial charge in [-0.05, 0) is 23.8 Å². The Morgan fingerprint density at radius 1 is 1.24 bits per heavy atom. The van der Waals surface area contributed by atoms with Crippen molar-refractivity contribution in [3.05, 3.63) is 59.7 Å². The van der Waals surface area contributed by atoms with Gasteiger partial charge in [0.25, 0.3) is 0 Å². The fourth-order valence-corrected chi connectivity index (χ4v) is 3.55. The zero-order valence-electron chi connectivity index (χ0n) is 13.1. The predicted octanol–water partition coefficient (Wildman–Crippen LogP) is 3.27. The van der Waals surface area contributed by atoms with Crippen LogP contribution < -0.4 is 10.6 Å². The van der Waals surface area contributed by atoms with Gasteiger partial charge < -0.3 is 10.6 Å². The highest BCUT2D eigenvalue weighted by molar-refractivity contribution is 7.14. The molecule has 25 heavy (non-hydrogen) atoms. The molecule has 4 rings (SSSR count). The van der Waals surface area contributed by atoms with Crippen LogP contribution in [0.3, 0.4) is 0 Å². The van der Waals surface area contributed by atoms with E-state index in [1.54, 1.807) is 12.4 Å². The zero-order valence-corrected chi connectivity index (χ0v) is 13.9. The molecule has 2 N–H and O–H groups in total. The monoisotopic (exact) mass is 350 g/mol. The Hall–Kier alpha value is -3.06. The first-order chi connectivity index (χ1) is 12.2. The molecule has 0 bridgehead atoms. The zero-order chi connectivity index (χ0) is 17.2. The van der Waals surface area contributed by atoms with Gasteiger partial charge in [0.2, 0.25) is 11.8 Å². The number of para-hydroxylation sites is 1. The smallest absolute Gasteiger partial charge is 0.232 e. The summed E-state index contributed by atoms with van der Waals surface area (Å²) in [6.45, 7) is 0. The van der Waals surface area contributed by atoms with Crippen LogP contribution in [0.5, 0.6) is 0 Å². The number of fused-ring (bicyclic) bond motifs is 1. The fourth-order valence-electron chi connectivity index (χ4n) is 2.81. The number of hydrogen-bond acceptors (Lipinski definition) is 5. The van der Waals surface area contributed by atoms with Crippen LogP contribution in [0, 0.1) is 0 Å². The summed E-state index contributed by atoms with van der Waals surface area (Å²) >= 11 is 1.35. The molecule has 0 saturated heterocycles. The molecule has 0 fully saturated rings. The predicted molar refractivity (Wildman–Crippen MR) is 96.4 cm³/mol. The van der Waals surface area contributed by atoms with Crippen LogP contribution >= 0.6 is 11.3 Å². The number of carbonyl (C=O) groups is 2. The van der Waals surface area contributed by atoms with E-state index < -0.39 is 5.92 Å². The second kappa shape index (κ2) is 6.45. The normalized spacial score (nSPS) is 15.5. The van der Waals surface area contributed by atoms with Crippen LogP contribution in [0.4, 0.5) is 10.8 Å². The molecule has 3 heterocycles. The number of anilines is 2. The molecule has 1 atom stereocenters. The van der Waals surface area contributed by atoms with Crippen molar-refractivity contribution in [1.82, 2.24) is 9.97 Å². The molecule has 0 aliphatic carbocycles. The maximum atomic E-state index is 12.3. The Morgan fingerprint density at radius 3 is 2.96 bits per heavy atom. The molecule has 1 aliphatic heterocycles. The van der Waals surface area contributed by atoms with Gasteiger partial charge in [-0.15, -0.1) is 11.3 Å². The van der Waals surface area contributed by atoms with E-state index in [0.29, 0.717) is 5.13 Å². The lowest BCUT2D eigenvalue weighted by Crippen LogP contribution is -2.20. The molecule has 0 saturated carbocycles. The van der Waals surface area contributed by atoms with E-state index in [0.717, 1.165) is 22.5 Å². The number of hydrogen-bond donors (Lipinski definition) is 2. The molecule has 0 spiro atoms. The second-order valence-electron chi connectivity index (χ2n) is 5.66. The average Bonchev–Trinajstić information content (AvgIpc) is 3.21. The summed E-state index contributed by atoms with van der Waals surface area (Å²) in [6, 6.07) is 11.2. The van der Waals surface area contributed by atoms with Gasteiger partial charge in [0.05, 0.1) is 11.6 Å². The molecule has 2 amide bonds. The Morgan fingerprint density at radius 2 is 2.12 bits per heavy atom. The maximum absolute atomic E-state index is 12.3. The number of benzene rings is 1. The molecule has 2 aromatic heterocycles. The minimum absolute atomic E-state index is 0.0879. The molecule has 124 valence electrons. The summed E-state index contributed by atoms with van der Waals surface area (Å²) in [5.74, 6) is -0.843. The summed E-state index contributed by atoms with van der Waals surface area (Å²) in [5, 5.41) is 7.96. The van der Waals surface area contributed by atoms with E-state index in [1.807, 2.05) is 41.8 Å². The van der Waals surface area contributed by atoms with E-state index in [-0.39, 0.29) is 18.2 Å². The third-order valence-corrected chi connectivity index (χ3v) is 4.77. The molecule has 7 heteroatoms. The number of aromatic nitrogens is 2. The number of thiazole rings is 1. The van der Waals surface area contributed by atoms with Crippen LogP contribution in [0.25, 0.3) is 11.3 Å². The summed E-state index contributed by atoms with van der Waals surface area (Å²) in [5.41, 5.74) is 3.29. The van der Waals surface area contributed by atoms with E-state index in [4.69, 9.17) is 0 Å². The number of amides is 2. The molecule has 1 aliphatic rings. The summed E-state index contributed by atoms with van der Waals surface area (Å²) in [4.78, 5) is 32.9. The first kappa shape index (κ1) is 15.5. The quantitative estimate of drug-likeness (QED) is 0.756. The Kier molecular flexibility index (Phi) is 3.99. The van der Waals surface area contributed by atoms with E-state index in [1.165, 1.54) is 11.3 Å². The summed E-state index contributed by atoms with van der Waals surface area (Å²) in [7, 11) is 0. The van der Waals surface area contributed by atoms with Crippen molar-refractivity contribution < 1.29 is 9.59 Å². The van der Waals surface area contributed by atoms with Gasteiger partial charge in [-0.1, -0.05) is 18.2 Å². The lowest BCUT2D eigenvalue weighted by atomic mass is 9.97. The van der Waals surface area contributed by atoms with Crippen molar-refractivity contribution in [2.75, 3.05) is 10.6 Å². The minimum atomic E-state index is -0.464. The number of nitrogens with one attached hydrogen (secondary N) is 2. The SMILES string of the molecule is O=C(C[C@H]1C(=O)Nc2ccccc21)Nc1nc(-c2cccnc2)cs1. The largest absolute Gasteiger partial charge is 0.325 e. The van der Waals surface area contributed by atoms with Crippen molar-refractivity contribution in [3.63, 3.8) is 0 Å². The van der Waals surface area contributed by atoms with Gasteiger partial charge in [0.1, 0.15) is 0 Å². The number of nitrogens with zero attached hydrogens (tertiary/aromatic N) is 2. The van der Waals surface area contributed by atoms with Crippen molar-refractivity contribution in [3.8, 4) is 11.3 Å². The van der Waals surface area contributed by atoms with E-state index in [2.05, 4.69) is 20.6 Å². The Bertz CT molecular complexity index is 939. The lowest BCUT2D eigenvalue weighted by molar-refractivity contribution is -0.122. The summed E-state index contributed by atoms with van der Waals surface area (Å²) < 4.78 is 0. The first-order valence-corrected chi connectivity index (χ1v) is 8.64. The highest BCUT2D eigenvalue weighted by Gasteiger charge is 2.32. The second-order valence-corrected chi connectivity index (χ2v) is 6.52. The molecule has 6 nitrogen and oxygen atoms in total. The third-order valence-electron chi connectivity index (χ3n) is 4.01. The minimum Gasteiger partial charge on any atom is -0.325 e. The first-order valence-electron chi connectivity index (χ1n) is 7.76. The van der Waals surface area contributed by atoms with Gasteiger partial charge in [0.15, 0.2) is 5.13 Å². The molecular formula is C18H14N4O2S. The van der Waals surface area contributed by atoms with Gasteiger partial charge in [-0.3, -0.25) is 14.6 Å². The maximum Gasteiger partial charge on any atom is 0.232 e. The summed E-state index contributed by atoms with van der Waals surface area (Å²) in [6.07, 6.45) is 3.51. The highest BCUT2D eigenvalue weighted by Crippen LogP contribution is 2.34. The highest BCUT2D eigenvalue weighted by atomic mass is 32.1. The van der Waals surface area contributed by atoms with Crippen molar-refractivity contribution >= 4 is 34.0 Å². The Labute approximate surface area is 148 Å². The molecule has 0 unspecified atom stereocenters. The van der Waals surface area contributed by atoms with Crippen LogP contribution in [-0.4, -0.2) is 21.8 Å². The molecule has 0 radical (unpaired) electrons. The number of carbonyl (C=O) groups excluding carboxylic acids is 2. The van der Waals surface area contributed by atoms with E-state index >= 15 is 0 Å². The fraction of sp³-hybridized carbons (Fsp3) is 0.111. The topological polar surface area (TPSA) is 84.0 Å². The van der Waals surface area contributed by atoms with Crippen molar-refractivity contribution in [2.45, 2.75) is 12.3 Å². The van der Waals surface area contributed by atoms with Crippen LogP contribution in [0.1, 0.15) is 17.9 Å². The Balaban J connectivity index is 1.45. The van der Waals surface area contributed by atoms with Crippen LogP contribution in [0.2, 0.25) is 0 Å². The standard InChI is InChI=1S/C18H14N4O2S/c23-16(8-13-12-5-1-2-6-14(12)20-17(13)24)22-18-21-15(10-25-18)11-4-3-7-19-9-11/h1-7,9-10,13H,8H2,(H,20,24)(H,21,22,23)/t13-/m1/s1. The third kappa shape index (κ3) is 3.14. The number of rotatable bonds is 4. The molecule has 1 aromatic carbocycles. The number of pyridine rings is 1. The van der Waals surface area contributed by atoms with Crippen molar-refractivity contribution in [1.29, 1.82) is 0 Å². The van der Waals surface area contributed by atoms with Gasteiger partial charge in [-0.25, -0.2) is 4.98 Å². The van der Waals surface area contributed by atoms with Gasteiger partial charge in [0, 0.05) is 35.4 Å². The van der Waals surface area contributed by atoms with Gasteiger partial charge in [-0.2, -0.15) is 0 Å². The van der Waals surface area contributed by atoms with Crippen LogP contribution in [-0.2, 0) is 9.59 Å². The van der Waals surface area contributed by atoms with Gasteiger partial charge >= 0.3 is 0 Å². The van der Waals surface area contributed by atoms with Crippen molar-refractivity contribution in [2.24, 2.45) is 0 Å². The molecule has 3 aromatic rings. The average molecular weight is 350 g/mol. The van der Waals surface area contributed by atoms with Crippen LogP contribution in [0.15, 0.2) is 54.2 Å². The van der Waals surface area contributed by atoms with E-state index in [9.17, 15) is 9.59 Å².